The Balaban J connectivity index is 0.00000352. The Morgan fingerprint density at radius 1 is 1.21 bits per heavy atom. The van der Waals surface area contributed by atoms with E-state index in [-0.39, 0.29) is 5.91 Å². The van der Waals surface area contributed by atoms with E-state index in [0.29, 0.717) is 27.6 Å². The van der Waals surface area contributed by atoms with Crippen LogP contribution in [-0.4, -0.2) is 18.0 Å². The molecule has 0 spiro atoms. The van der Waals surface area contributed by atoms with Gasteiger partial charge in [0, 0.05) is 16.3 Å². The van der Waals surface area contributed by atoms with Gasteiger partial charge < -0.3 is 9.73 Å². The molecule has 148 valence electrons. The maximum absolute atomic E-state index is 12.3. The highest BCUT2D eigenvalue weighted by molar-refractivity contribution is 6.32. The van der Waals surface area contributed by atoms with Crippen molar-refractivity contribution in [2.75, 3.05) is 0 Å². The lowest BCUT2D eigenvalue weighted by molar-refractivity contribution is -0.118. The first kappa shape index (κ1) is 24.7. The molecule has 6 nitrogen and oxygen atoms in total. The number of hydrogen-bond donors (Lipinski definition) is 2. The van der Waals surface area contributed by atoms with Crippen LogP contribution in [0.3, 0.4) is 0 Å². The summed E-state index contributed by atoms with van der Waals surface area (Å²) in [5, 5.41) is 6.90. The van der Waals surface area contributed by atoms with Crippen LogP contribution in [0.25, 0.3) is 0 Å². The number of rotatable bonds is 7. The fourth-order valence-corrected chi connectivity index (χ4v) is 1.96. The third-order valence-corrected chi connectivity index (χ3v) is 3.35. The third-order valence-electron chi connectivity index (χ3n) is 3.15. The van der Waals surface area contributed by atoms with Crippen LogP contribution in [0.15, 0.2) is 74.1 Å². The van der Waals surface area contributed by atoms with Gasteiger partial charge in [-0.1, -0.05) is 29.8 Å². The normalized spacial score (nSPS) is 13.0. The van der Waals surface area contributed by atoms with E-state index in [1.807, 2.05) is 0 Å². The highest BCUT2D eigenvalue weighted by Crippen LogP contribution is 2.11. The van der Waals surface area contributed by atoms with Gasteiger partial charge in [-0.15, -0.1) is 12.8 Å². The Hall–Kier alpha value is -3.30. The fourth-order valence-electron chi connectivity index (χ4n) is 1.81. The molecule has 0 aromatic carbocycles. The second-order valence-electron chi connectivity index (χ2n) is 5.19. The van der Waals surface area contributed by atoms with Crippen LogP contribution in [0.1, 0.15) is 33.5 Å². The molecule has 0 saturated heterocycles. The number of hydrazone groups is 1. The predicted octanol–water partition coefficient (Wildman–Crippen LogP) is 4.03. The monoisotopic (exact) mass is 401 g/mol. The van der Waals surface area contributed by atoms with Crippen LogP contribution in [-0.2, 0) is 9.59 Å². The molecule has 1 aromatic rings. The van der Waals surface area contributed by atoms with E-state index in [0.717, 1.165) is 0 Å². The van der Waals surface area contributed by atoms with Gasteiger partial charge in [0.2, 0.25) is 0 Å². The maximum Gasteiger partial charge on any atom is 0.267 e. The number of nitrogens with one attached hydrogen (secondary N) is 2. The molecule has 0 radical (unpaired) electrons. The van der Waals surface area contributed by atoms with Gasteiger partial charge in [-0.25, -0.2) is 5.43 Å². The first-order chi connectivity index (χ1) is 13.4. The predicted molar refractivity (Wildman–Crippen MR) is 113 cm³/mol. The van der Waals surface area contributed by atoms with Crippen LogP contribution in [0, 0.1) is 12.8 Å². The molecular formula is C21H24ClN3O3. The van der Waals surface area contributed by atoms with Crippen molar-refractivity contribution in [1.82, 2.24) is 10.7 Å². The molecule has 0 fully saturated rings. The van der Waals surface area contributed by atoms with E-state index in [1.165, 1.54) is 12.5 Å². The fraction of sp³-hybridized carbons (Fsp3) is 0.190. The van der Waals surface area contributed by atoms with Gasteiger partial charge >= 0.3 is 0 Å². The zero-order valence-corrected chi connectivity index (χ0v) is 17.1. The van der Waals surface area contributed by atoms with Crippen molar-refractivity contribution < 1.29 is 14.0 Å². The lowest BCUT2D eigenvalue weighted by atomic mass is 10.2. The molecule has 0 unspecified atom stereocenters. The molecule has 2 amide bonds. The lowest BCUT2D eigenvalue weighted by Gasteiger charge is -2.08. The van der Waals surface area contributed by atoms with Crippen LogP contribution in [0.4, 0.5) is 0 Å². The second kappa shape index (κ2) is 13.8. The topological polar surface area (TPSA) is 83.7 Å². The summed E-state index contributed by atoms with van der Waals surface area (Å²) in [5.74, 6) is -0.240. The number of amides is 2. The molecule has 0 aliphatic rings. The van der Waals surface area contributed by atoms with Crippen molar-refractivity contribution in [2.24, 2.45) is 5.10 Å². The zero-order chi connectivity index (χ0) is 21.5. The Bertz CT molecular complexity index is 822. The van der Waals surface area contributed by atoms with E-state index in [9.17, 15) is 9.59 Å². The average molecular weight is 402 g/mol. The molecule has 0 atom stereocenters. The lowest BCUT2D eigenvalue weighted by Crippen LogP contribution is -2.25. The molecule has 1 aromatic heterocycles. The SMILES string of the molecule is C#C.C/C=C\C(C(=O)NC(=C/C)/C=C(\C)C(=O)N/N=C/c1ccco1)=C(/C)Cl. The Morgan fingerprint density at radius 2 is 1.89 bits per heavy atom. The summed E-state index contributed by atoms with van der Waals surface area (Å²) < 4.78 is 5.07. The molecule has 0 aliphatic heterocycles. The summed E-state index contributed by atoms with van der Waals surface area (Å²) in [6.07, 6.45) is 17.5. The van der Waals surface area contributed by atoms with Crippen LogP contribution in [0.5, 0.6) is 0 Å². The molecule has 2 N–H and O–H groups in total. The van der Waals surface area contributed by atoms with Gasteiger partial charge in [0.05, 0.1) is 18.1 Å². The highest BCUT2D eigenvalue weighted by Gasteiger charge is 2.11. The first-order valence-electron chi connectivity index (χ1n) is 8.24. The van der Waals surface area contributed by atoms with Crippen molar-refractivity contribution in [3.8, 4) is 12.8 Å². The number of hydrogen-bond acceptors (Lipinski definition) is 4. The number of carbonyl (C=O) groups excluding carboxylic acids is 2. The smallest absolute Gasteiger partial charge is 0.267 e. The summed E-state index contributed by atoms with van der Waals surface area (Å²) in [6, 6.07) is 3.43. The number of halogens is 1. The quantitative estimate of drug-likeness (QED) is 0.238. The van der Waals surface area contributed by atoms with Gasteiger partial charge in [-0.3, -0.25) is 9.59 Å². The molecule has 28 heavy (non-hydrogen) atoms. The van der Waals surface area contributed by atoms with Crippen LogP contribution in [0.2, 0.25) is 0 Å². The summed E-state index contributed by atoms with van der Waals surface area (Å²) in [5.41, 5.74) is 3.58. The van der Waals surface area contributed by atoms with Crippen molar-refractivity contribution in [2.45, 2.75) is 27.7 Å². The number of allylic oxidation sites excluding steroid dienone is 4. The summed E-state index contributed by atoms with van der Waals surface area (Å²) in [4.78, 5) is 24.3. The Kier molecular flexibility index (Phi) is 12.2. The molecule has 0 aliphatic carbocycles. The minimum atomic E-state index is -0.404. The molecule has 0 saturated carbocycles. The number of furan rings is 1. The van der Waals surface area contributed by atoms with Crippen molar-refractivity contribution in [1.29, 1.82) is 0 Å². The summed E-state index contributed by atoms with van der Waals surface area (Å²) >= 11 is 5.94. The van der Waals surface area contributed by atoms with E-state index < -0.39 is 5.91 Å². The molecule has 7 heteroatoms. The maximum atomic E-state index is 12.3. The second-order valence-corrected chi connectivity index (χ2v) is 5.75. The van der Waals surface area contributed by atoms with Gasteiger partial charge in [0.1, 0.15) is 5.76 Å². The van der Waals surface area contributed by atoms with Gasteiger partial charge in [-0.2, -0.15) is 5.10 Å². The molecule has 1 rings (SSSR count). The van der Waals surface area contributed by atoms with Gasteiger partial charge in [0.15, 0.2) is 0 Å². The average Bonchev–Trinajstić information content (AvgIpc) is 3.19. The minimum absolute atomic E-state index is 0.354. The van der Waals surface area contributed by atoms with Gasteiger partial charge in [0.25, 0.3) is 11.8 Å². The largest absolute Gasteiger partial charge is 0.463 e. The van der Waals surface area contributed by atoms with Crippen molar-refractivity contribution in [3.63, 3.8) is 0 Å². The summed E-state index contributed by atoms with van der Waals surface area (Å²) in [6.45, 7) is 6.79. The minimum Gasteiger partial charge on any atom is -0.463 e. The molecule has 0 bridgehead atoms. The highest BCUT2D eigenvalue weighted by atomic mass is 35.5. The molecule has 1 heterocycles. The van der Waals surface area contributed by atoms with Crippen LogP contribution >= 0.6 is 11.6 Å². The van der Waals surface area contributed by atoms with E-state index in [1.54, 1.807) is 64.1 Å². The van der Waals surface area contributed by atoms with Crippen molar-refractivity contribution >= 4 is 29.6 Å². The standard InChI is InChI=1S/C19H22ClN3O3.C2H2/c1-5-8-17(14(4)20)19(25)22-15(6-2)11-13(3)18(24)23-21-12-16-9-7-10-26-16;1-2/h5-12H,1-4H3,(H,22,25)(H,23,24);1-2H/b8-5-,13-11+,15-6+,17-14-,21-12+;. The van der Waals surface area contributed by atoms with E-state index in [4.69, 9.17) is 16.0 Å². The van der Waals surface area contributed by atoms with Gasteiger partial charge in [-0.05, 0) is 45.9 Å². The Labute approximate surface area is 170 Å². The van der Waals surface area contributed by atoms with E-state index >= 15 is 0 Å². The van der Waals surface area contributed by atoms with Crippen LogP contribution < -0.4 is 10.7 Å². The first-order valence-corrected chi connectivity index (χ1v) is 8.62. The third kappa shape index (κ3) is 8.88. The Morgan fingerprint density at radius 3 is 2.39 bits per heavy atom. The zero-order valence-electron chi connectivity index (χ0n) is 16.3. The van der Waals surface area contributed by atoms with Crippen molar-refractivity contribution in [3.05, 3.63) is 70.3 Å². The number of nitrogens with zero attached hydrogens (tertiary/aromatic N) is 1. The summed E-state index contributed by atoms with van der Waals surface area (Å²) in [7, 11) is 0. The number of carbonyl (C=O) groups is 2. The molecular weight excluding hydrogens is 378 g/mol. The number of terminal acetylenes is 1. The van der Waals surface area contributed by atoms with E-state index in [2.05, 4.69) is 28.7 Å².